The third kappa shape index (κ3) is 3.11. The Morgan fingerprint density at radius 3 is 3.05 bits per heavy atom. The largest absolute Gasteiger partial charge is 0.338 e. The van der Waals surface area contributed by atoms with Gasteiger partial charge in [0.2, 0.25) is 5.91 Å². The van der Waals surface area contributed by atoms with Crippen LogP contribution in [0.3, 0.4) is 0 Å². The van der Waals surface area contributed by atoms with E-state index in [1.54, 1.807) is 12.3 Å². The van der Waals surface area contributed by atoms with Crippen LogP contribution in [0.2, 0.25) is 0 Å². The standard InChI is InChI=1S/C17H19N3O/c18-15-7-3-11-20(12-15)16(21)9-8-14-5-1-4-13-6-2-10-19-17(13)14/h1-2,4-6,8-10,15H,3,7,11-12,18H2. The van der Waals surface area contributed by atoms with E-state index in [2.05, 4.69) is 4.98 Å². The van der Waals surface area contributed by atoms with Gasteiger partial charge in [0.1, 0.15) is 0 Å². The number of likely N-dealkylation sites (tertiary alicyclic amines) is 1. The maximum atomic E-state index is 12.2. The van der Waals surface area contributed by atoms with Gasteiger partial charge in [-0.25, -0.2) is 0 Å². The summed E-state index contributed by atoms with van der Waals surface area (Å²) in [5.74, 6) is 0.0260. The second kappa shape index (κ2) is 6.06. The number of nitrogens with two attached hydrogens (primary N) is 1. The first kappa shape index (κ1) is 13.8. The minimum atomic E-state index is 0.0260. The van der Waals surface area contributed by atoms with Crippen molar-refractivity contribution in [3.63, 3.8) is 0 Å². The maximum Gasteiger partial charge on any atom is 0.246 e. The summed E-state index contributed by atoms with van der Waals surface area (Å²) in [5, 5.41) is 1.08. The van der Waals surface area contributed by atoms with E-state index < -0.39 is 0 Å². The molecule has 0 aliphatic carbocycles. The van der Waals surface area contributed by atoms with Crippen LogP contribution in [0.5, 0.6) is 0 Å². The summed E-state index contributed by atoms with van der Waals surface area (Å²) in [6.07, 6.45) is 7.22. The molecule has 1 amide bonds. The van der Waals surface area contributed by atoms with Crippen molar-refractivity contribution in [2.75, 3.05) is 13.1 Å². The number of piperidine rings is 1. The zero-order chi connectivity index (χ0) is 14.7. The van der Waals surface area contributed by atoms with Crippen LogP contribution in [0.15, 0.2) is 42.6 Å². The summed E-state index contributed by atoms with van der Waals surface area (Å²) >= 11 is 0. The highest BCUT2D eigenvalue weighted by molar-refractivity contribution is 5.95. The summed E-state index contributed by atoms with van der Waals surface area (Å²) in [6.45, 7) is 1.45. The first-order valence-corrected chi connectivity index (χ1v) is 7.30. The Labute approximate surface area is 124 Å². The molecule has 1 aliphatic heterocycles. The molecule has 0 saturated carbocycles. The van der Waals surface area contributed by atoms with Crippen molar-refractivity contribution in [1.29, 1.82) is 0 Å². The number of aromatic nitrogens is 1. The number of fused-ring (bicyclic) bond motifs is 1. The molecule has 2 heterocycles. The van der Waals surface area contributed by atoms with E-state index in [9.17, 15) is 4.79 Å². The van der Waals surface area contributed by atoms with Gasteiger partial charge in [0.05, 0.1) is 5.52 Å². The van der Waals surface area contributed by atoms with E-state index in [1.807, 2.05) is 41.3 Å². The number of nitrogens with zero attached hydrogens (tertiary/aromatic N) is 2. The van der Waals surface area contributed by atoms with Crippen molar-refractivity contribution in [1.82, 2.24) is 9.88 Å². The van der Waals surface area contributed by atoms with Gasteiger partial charge in [0.15, 0.2) is 0 Å². The predicted molar refractivity (Wildman–Crippen MR) is 84.6 cm³/mol. The Balaban J connectivity index is 1.80. The Bertz CT molecular complexity index is 675. The fraction of sp³-hybridized carbons (Fsp3) is 0.294. The van der Waals surface area contributed by atoms with Gasteiger partial charge in [-0.05, 0) is 25.0 Å². The van der Waals surface area contributed by atoms with Crippen molar-refractivity contribution in [3.8, 4) is 0 Å². The zero-order valence-corrected chi connectivity index (χ0v) is 11.9. The highest BCUT2D eigenvalue weighted by Crippen LogP contribution is 2.17. The molecule has 1 aliphatic rings. The van der Waals surface area contributed by atoms with E-state index in [0.717, 1.165) is 35.9 Å². The van der Waals surface area contributed by atoms with E-state index in [4.69, 9.17) is 5.73 Å². The number of rotatable bonds is 2. The van der Waals surface area contributed by atoms with Crippen LogP contribution in [0.4, 0.5) is 0 Å². The molecule has 2 N–H and O–H groups in total. The van der Waals surface area contributed by atoms with Crippen molar-refractivity contribution in [2.45, 2.75) is 18.9 Å². The number of benzene rings is 1. The summed E-state index contributed by atoms with van der Waals surface area (Å²) in [5.41, 5.74) is 7.79. The van der Waals surface area contributed by atoms with Gasteiger partial charge in [-0.1, -0.05) is 24.3 Å². The molecule has 1 aromatic carbocycles. The summed E-state index contributed by atoms with van der Waals surface area (Å²) in [7, 11) is 0. The fourth-order valence-electron chi connectivity index (χ4n) is 2.74. The van der Waals surface area contributed by atoms with Gasteiger partial charge in [-0.3, -0.25) is 9.78 Å². The molecular formula is C17H19N3O. The predicted octanol–water partition coefficient (Wildman–Crippen LogP) is 2.20. The third-order valence-corrected chi connectivity index (χ3v) is 3.84. The lowest BCUT2D eigenvalue weighted by molar-refractivity contribution is -0.127. The van der Waals surface area contributed by atoms with E-state index in [0.29, 0.717) is 6.54 Å². The molecular weight excluding hydrogens is 262 g/mol. The Kier molecular flexibility index (Phi) is 3.97. The average Bonchev–Trinajstić information content (AvgIpc) is 2.52. The molecule has 3 rings (SSSR count). The van der Waals surface area contributed by atoms with Crippen LogP contribution in [0, 0.1) is 0 Å². The molecule has 4 heteroatoms. The molecule has 0 spiro atoms. The SMILES string of the molecule is NC1CCCN(C(=O)C=Cc2cccc3cccnc23)C1. The molecule has 1 unspecified atom stereocenters. The number of amides is 1. The minimum absolute atomic E-state index is 0.0260. The van der Waals surface area contributed by atoms with Gasteiger partial charge < -0.3 is 10.6 Å². The lowest BCUT2D eigenvalue weighted by Gasteiger charge is -2.29. The van der Waals surface area contributed by atoms with Crippen LogP contribution in [0.1, 0.15) is 18.4 Å². The van der Waals surface area contributed by atoms with Crippen molar-refractivity contribution < 1.29 is 4.79 Å². The molecule has 108 valence electrons. The molecule has 21 heavy (non-hydrogen) atoms. The molecule has 4 nitrogen and oxygen atoms in total. The second-order valence-electron chi connectivity index (χ2n) is 5.44. The number of carbonyl (C=O) groups is 1. The third-order valence-electron chi connectivity index (χ3n) is 3.84. The molecule has 1 saturated heterocycles. The topological polar surface area (TPSA) is 59.2 Å². The van der Waals surface area contributed by atoms with Crippen molar-refractivity contribution >= 4 is 22.9 Å². The van der Waals surface area contributed by atoms with Crippen LogP contribution < -0.4 is 5.73 Å². The molecule has 1 aromatic heterocycles. The summed E-state index contributed by atoms with van der Waals surface area (Å²) in [4.78, 5) is 18.4. The quantitative estimate of drug-likeness (QED) is 0.858. The Morgan fingerprint density at radius 1 is 1.33 bits per heavy atom. The summed E-state index contributed by atoms with van der Waals surface area (Å²) < 4.78 is 0. The molecule has 0 bridgehead atoms. The van der Waals surface area contributed by atoms with Gasteiger partial charge in [-0.2, -0.15) is 0 Å². The van der Waals surface area contributed by atoms with E-state index in [1.165, 1.54) is 0 Å². The maximum absolute atomic E-state index is 12.2. The zero-order valence-electron chi connectivity index (χ0n) is 11.9. The number of carbonyl (C=O) groups excluding carboxylic acids is 1. The van der Waals surface area contributed by atoms with Gasteiger partial charge in [0, 0.05) is 42.4 Å². The first-order chi connectivity index (χ1) is 10.2. The van der Waals surface area contributed by atoms with E-state index in [-0.39, 0.29) is 11.9 Å². The summed E-state index contributed by atoms with van der Waals surface area (Å²) in [6, 6.07) is 10.0. The first-order valence-electron chi connectivity index (χ1n) is 7.30. The minimum Gasteiger partial charge on any atom is -0.338 e. The monoisotopic (exact) mass is 281 g/mol. The van der Waals surface area contributed by atoms with Crippen molar-refractivity contribution in [3.05, 3.63) is 48.2 Å². The molecule has 1 atom stereocenters. The van der Waals surface area contributed by atoms with Gasteiger partial charge >= 0.3 is 0 Å². The van der Waals surface area contributed by atoms with Crippen LogP contribution in [0.25, 0.3) is 17.0 Å². The number of hydrogen-bond acceptors (Lipinski definition) is 3. The van der Waals surface area contributed by atoms with E-state index >= 15 is 0 Å². The van der Waals surface area contributed by atoms with Gasteiger partial charge in [0.25, 0.3) is 0 Å². The Hall–Kier alpha value is -2.20. The highest BCUT2D eigenvalue weighted by atomic mass is 16.2. The fourth-order valence-corrected chi connectivity index (χ4v) is 2.74. The number of pyridine rings is 1. The molecule has 2 aromatic rings. The number of para-hydroxylation sites is 1. The molecule has 0 radical (unpaired) electrons. The molecule has 1 fully saturated rings. The average molecular weight is 281 g/mol. The highest BCUT2D eigenvalue weighted by Gasteiger charge is 2.19. The lowest BCUT2D eigenvalue weighted by atomic mass is 10.1. The number of hydrogen-bond donors (Lipinski definition) is 1. The van der Waals surface area contributed by atoms with Crippen LogP contribution in [-0.4, -0.2) is 34.9 Å². The van der Waals surface area contributed by atoms with Crippen LogP contribution >= 0.6 is 0 Å². The van der Waals surface area contributed by atoms with Crippen molar-refractivity contribution in [2.24, 2.45) is 5.73 Å². The van der Waals surface area contributed by atoms with Gasteiger partial charge in [-0.15, -0.1) is 0 Å². The smallest absolute Gasteiger partial charge is 0.246 e. The normalized spacial score (nSPS) is 19.3. The Morgan fingerprint density at radius 2 is 2.19 bits per heavy atom. The second-order valence-corrected chi connectivity index (χ2v) is 5.44. The van der Waals surface area contributed by atoms with Crippen LogP contribution in [-0.2, 0) is 4.79 Å². The lowest BCUT2D eigenvalue weighted by Crippen LogP contribution is -2.45.